The molecule has 0 N–H and O–H groups in total. The molecule has 0 bridgehead atoms. The van der Waals surface area contributed by atoms with Crippen LogP contribution in [0.15, 0.2) is 18.2 Å². The van der Waals surface area contributed by atoms with Gasteiger partial charge in [-0.3, -0.25) is 4.79 Å². The predicted molar refractivity (Wildman–Crippen MR) is 75.2 cm³/mol. The van der Waals surface area contributed by atoms with E-state index < -0.39 is 0 Å². The molecule has 1 aliphatic heterocycles. The Morgan fingerprint density at radius 1 is 1.53 bits per heavy atom. The molecule has 1 fully saturated rings. The molecule has 3 nitrogen and oxygen atoms in total. The van der Waals surface area contributed by atoms with Crippen molar-refractivity contribution < 1.29 is 14.3 Å². The topological polar surface area (TPSA) is 35.5 Å². The number of hydrogen-bond acceptors (Lipinski definition) is 3. The normalized spacial score (nSPS) is 18.5. The van der Waals surface area contributed by atoms with Crippen molar-refractivity contribution in [2.45, 2.75) is 38.7 Å². The van der Waals surface area contributed by atoms with E-state index in [9.17, 15) is 4.79 Å². The largest absolute Gasteiger partial charge is 0.492 e. The molecule has 1 unspecified atom stereocenters. The Kier molecular flexibility index (Phi) is 5.23. The van der Waals surface area contributed by atoms with E-state index in [1.54, 1.807) is 18.2 Å². The number of Topliss-reactive ketones (excluding diaryl/α,β-unsaturated/α-hetero) is 1. The zero-order valence-corrected chi connectivity index (χ0v) is 11.9. The summed E-state index contributed by atoms with van der Waals surface area (Å²) >= 11 is 6.08. The maximum Gasteiger partial charge on any atom is 0.159 e. The number of carbonyl (C=O) groups excluding carboxylic acids is 1. The van der Waals surface area contributed by atoms with Gasteiger partial charge in [0, 0.05) is 12.2 Å². The number of halogens is 1. The zero-order chi connectivity index (χ0) is 13.7. The van der Waals surface area contributed by atoms with Crippen molar-refractivity contribution in [2.24, 2.45) is 0 Å². The van der Waals surface area contributed by atoms with Gasteiger partial charge in [0.15, 0.2) is 5.78 Å². The van der Waals surface area contributed by atoms with Crippen LogP contribution >= 0.6 is 11.6 Å². The molecule has 1 saturated heterocycles. The molecule has 0 aliphatic carbocycles. The van der Waals surface area contributed by atoms with E-state index in [4.69, 9.17) is 21.1 Å². The van der Waals surface area contributed by atoms with Gasteiger partial charge in [0.1, 0.15) is 5.75 Å². The van der Waals surface area contributed by atoms with E-state index in [0.717, 1.165) is 25.9 Å². The minimum atomic E-state index is 0.00633. The van der Waals surface area contributed by atoms with Crippen molar-refractivity contribution in [3.8, 4) is 5.75 Å². The third-order valence-electron chi connectivity index (χ3n) is 3.29. The van der Waals surface area contributed by atoms with Gasteiger partial charge in [0.2, 0.25) is 0 Å². The van der Waals surface area contributed by atoms with E-state index >= 15 is 0 Å². The SMILES string of the molecule is CC(=O)c1ccc(OCCCC2CCCO2)c(Cl)c1. The number of ketones is 1. The summed E-state index contributed by atoms with van der Waals surface area (Å²) in [6.07, 6.45) is 4.72. The Morgan fingerprint density at radius 2 is 2.37 bits per heavy atom. The predicted octanol–water partition coefficient (Wildman–Crippen LogP) is 3.88. The van der Waals surface area contributed by atoms with Crippen molar-refractivity contribution in [2.75, 3.05) is 13.2 Å². The Bertz CT molecular complexity index is 439. The Morgan fingerprint density at radius 3 is 3.00 bits per heavy atom. The van der Waals surface area contributed by atoms with Crippen LogP contribution in [0.5, 0.6) is 5.75 Å². The highest BCUT2D eigenvalue weighted by atomic mass is 35.5. The molecule has 1 aromatic carbocycles. The van der Waals surface area contributed by atoms with Gasteiger partial charge in [0.25, 0.3) is 0 Å². The van der Waals surface area contributed by atoms with Crippen LogP contribution in [0.25, 0.3) is 0 Å². The van der Waals surface area contributed by atoms with Crippen molar-refractivity contribution in [3.05, 3.63) is 28.8 Å². The summed E-state index contributed by atoms with van der Waals surface area (Å²) < 4.78 is 11.2. The standard InChI is InChI=1S/C15H19ClO3/c1-11(17)12-6-7-15(14(16)10-12)19-9-3-5-13-4-2-8-18-13/h6-7,10,13H,2-5,8-9H2,1H3. The summed E-state index contributed by atoms with van der Waals surface area (Å²) in [5, 5.41) is 0.491. The van der Waals surface area contributed by atoms with Crippen molar-refractivity contribution in [3.63, 3.8) is 0 Å². The third kappa shape index (κ3) is 4.22. The second-order valence-corrected chi connectivity index (χ2v) is 5.23. The molecular formula is C15H19ClO3. The van der Waals surface area contributed by atoms with Crippen LogP contribution in [0, 0.1) is 0 Å². The minimum absolute atomic E-state index is 0.00633. The maximum atomic E-state index is 11.2. The highest BCUT2D eigenvalue weighted by Gasteiger charge is 2.14. The van der Waals surface area contributed by atoms with Crippen LogP contribution < -0.4 is 4.74 Å². The fourth-order valence-electron chi connectivity index (χ4n) is 2.20. The molecule has 4 heteroatoms. The fraction of sp³-hybridized carbons (Fsp3) is 0.533. The number of rotatable bonds is 6. The van der Waals surface area contributed by atoms with Gasteiger partial charge >= 0.3 is 0 Å². The molecular weight excluding hydrogens is 264 g/mol. The Balaban J connectivity index is 1.77. The van der Waals surface area contributed by atoms with E-state index in [2.05, 4.69) is 0 Å². The third-order valence-corrected chi connectivity index (χ3v) is 3.59. The van der Waals surface area contributed by atoms with E-state index in [0.29, 0.717) is 29.0 Å². The number of ether oxygens (including phenoxy) is 2. The van der Waals surface area contributed by atoms with Crippen LogP contribution in [-0.2, 0) is 4.74 Å². The molecule has 104 valence electrons. The first-order valence-electron chi connectivity index (χ1n) is 6.71. The van der Waals surface area contributed by atoms with E-state index in [1.165, 1.54) is 13.3 Å². The number of carbonyl (C=O) groups is 1. The van der Waals surface area contributed by atoms with Gasteiger partial charge in [-0.25, -0.2) is 0 Å². The van der Waals surface area contributed by atoms with E-state index in [-0.39, 0.29) is 5.78 Å². The molecule has 0 spiro atoms. The summed E-state index contributed by atoms with van der Waals surface area (Å²) in [5.41, 5.74) is 0.608. The maximum absolute atomic E-state index is 11.2. The number of benzene rings is 1. The van der Waals surface area contributed by atoms with Gasteiger partial charge in [-0.15, -0.1) is 0 Å². The Hall–Kier alpha value is -1.06. The number of hydrogen-bond donors (Lipinski definition) is 0. The van der Waals surface area contributed by atoms with Crippen molar-refractivity contribution >= 4 is 17.4 Å². The molecule has 1 aliphatic rings. The van der Waals surface area contributed by atoms with Gasteiger partial charge in [-0.2, -0.15) is 0 Å². The monoisotopic (exact) mass is 282 g/mol. The molecule has 1 atom stereocenters. The molecule has 0 amide bonds. The lowest BCUT2D eigenvalue weighted by Crippen LogP contribution is -2.07. The molecule has 1 heterocycles. The first kappa shape index (κ1) is 14.4. The van der Waals surface area contributed by atoms with Gasteiger partial charge in [-0.1, -0.05) is 11.6 Å². The Labute approximate surface area is 118 Å². The molecule has 2 rings (SSSR count). The summed E-state index contributed by atoms with van der Waals surface area (Å²) in [6, 6.07) is 5.15. The highest BCUT2D eigenvalue weighted by Crippen LogP contribution is 2.26. The van der Waals surface area contributed by atoms with Crippen LogP contribution in [-0.4, -0.2) is 25.1 Å². The summed E-state index contributed by atoms with van der Waals surface area (Å²) in [7, 11) is 0. The first-order chi connectivity index (χ1) is 9.16. The molecule has 0 aromatic heterocycles. The van der Waals surface area contributed by atoms with Crippen LogP contribution in [0.4, 0.5) is 0 Å². The molecule has 1 aromatic rings. The van der Waals surface area contributed by atoms with Gasteiger partial charge in [-0.05, 0) is 50.8 Å². The average Bonchev–Trinajstić information content (AvgIpc) is 2.89. The van der Waals surface area contributed by atoms with E-state index in [1.807, 2.05) is 0 Å². The van der Waals surface area contributed by atoms with Crippen molar-refractivity contribution in [1.82, 2.24) is 0 Å². The average molecular weight is 283 g/mol. The van der Waals surface area contributed by atoms with Crippen LogP contribution in [0.2, 0.25) is 5.02 Å². The molecule has 0 radical (unpaired) electrons. The van der Waals surface area contributed by atoms with Crippen molar-refractivity contribution in [1.29, 1.82) is 0 Å². The second kappa shape index (κ2) is 6.92. The van der Waals surface area contributed by atoms with Crippen LogP contribution in [0.1, 0.15) is 43.0 Å². The van der Waals surface area contributed by atoms with Crippen LogP contribution in [0.3, 0.4) is 0 Å². The molecule has 19 heavy (non-hydrogen) atoms. The molecule has 0 saturated carbocycles. The van der Waals surface area contributed by atoms with Gasteiger partial charge < -0.3 is 9.47 Å². The quantitative estimate of drug-likeness (QED) is 0.587. The summed E-state index contributed by atoms with van der Waals surface area (Å²) in [5.74, 6) is 0.644. The summed E-state index contributed by atoms with van der Waals surface area (Å²) in [4.78, 5) is 11.2. The fourth-order valence-corrected chi connectivity index (χ4v) is 2.44. The van der Waals surface area contributed by atoms with Gasteiger partial charge in [0.05, 0.1) is 17.7 Å². The highest BCUT2D eigenvalue weighted by molar-refractivity contribution is 6.32. The first-order valence-corrected chi connectivity index (χ1v) is 7.09. The lowest BCUT2D eigenvalue weighted by molar-refractivity contribution is 0.0980. The lowest BCUT2D eigenvalue weighted by Gasteiger charge is -2.11. The lowest BCUT2D eigenvalue weighted by atomic mass is 10.1. The zero-order valence-electron chi connectivity index (χ0n) is 11.2. The smallest absolute Gasteiger partial charge is 0.159 e. The second-order valence-electron chi connectivity index (χ2n) is 4.83. The summed E-state index contributed by atoms with van der Waals surface area (Å²) in [6.45, 7) is 3.04. The minimum Gasteiger partial charge on any atom is -0.492 e.